The molecule has 1 unspecified atom stereocenters. The van der Waals surface area contributed by atoms with E-state index in [1.165, 1.54) is 12.1 Å². The van der Waals surface area contributed by atoms with Crippen LogP contribution in [0.25, 0.3) is 5.69 Å². The van der Waals surface area contributed by atoms with Crippen LogP contribution in [0.15, 0.2) is 48.9 Å². The van der Waals surface area contributed by atoms with Crippen LogP contribution in [-0.2, 0) is 4.74 Å². The highest BCUT2D eigenvalue weighted by Crippen LogP contribution is 2.37. The maximum Gasteiger partial charge on any atom is 0.357 e. The quantitative estimate of drug-likeness (QED) is 0.656. The van der Waals surface area contributed by atoms with Crippen LogP contribution in [0, 0.1) is 5.82 Å². The molecule has 132 valence electrons. The molecule has 1 aliphatic carbocycles. The SMILES string of the molecule is CC(OC(=O)c1ccnc(C2CC2)n1)c1c(F)cccc1-n1cccn1. The van der Waals surface area contributed by atoms with Gasteiger partial charge in [-0.15, -0.1) is 0 Å². The topological polar surface area (TPSA) is 69.9 Å². The van der Waals surface area contributed by atoms with Gasteiger partial charge in [0, 0.05) is 24.5 Å². The van der Waals surface area contributed by atoms with Gasteiger partial charge in [0.1, 0.15) is 17.7 Å². The first-order valence-corrected chi connectivity index (χ1v) is 8.46. The van der Waals surface area contributed by atoms with Gasteiger partial charge >= 0.3 is 5.97 Å². The fourth-order valence-corrected chi connectivity index (χ4v) is 2.84. The van der Waals surface area contributed by atoms with Crippen LogP contribution < -0.4 is 0 Å². The van der Waals surface area contributed by atoms with Gasteiger partial charge in [-0.25, -0.2) is 23.8 Å². The lowest BCUT2D eigenvalue weighted by molar-refractivity contribution is 0.0323. The van der Waals surface area contributed by atoms with Crippen molar-refractivity contribution < 1.29 is 13.9 Å². The van der Waals surface area contributed by atoms with Crippen LogP contribution >= 0.6 is 0 Å². The maximum atomic E-state index is 14.5. The van der Waals surface area contributed by atoms with Crippen molar-refractivity contribution in [1.82, 2.24) is 19.7 Å². The van der Waals surface area contributed by atoms with Gasteiger partial charge in [0.05, 0.1) is 11.3 Å². The summed E-state index contributed by atoms with van der Waals surface area (Å²) in [5.74, 6) is -0.0653. The molecule has 0 amide bonds. The molecule has 2 heterocycles. The fourth-order valence-electron chi connectivity index (χ4n) is 2.84. The Bertz CT molecular complexity index is 938. The average Bonchev–Trinajstić information content (AvgIpc) is 3.36. The van der Waals surface area contributed by atoms with Gasteiger partial charge in [-0.05, 0) is 44.0 Å². The Labute approximate surface area is 149 Å². The van der Waals surface area contributed by atoms with Gasteiger partial charge in [0.15, 0.2) is 5.69 Å². The maximum absolute atomic E-state index is 14.5. The molecular formula is C19H17FN4O2. The zero-order chi connectivity index (χ0) is 18.1. The van der Waals surface area contributed by atoms with Crippen molar-refractivity contribution in [2.45, 2.75) is 31.8 Å². The molecule has 4 rings (SSSR count). The highest BCUT2D eigenvalue weighted by molar-refractivity contribution is 5.87. The summed E-state index contributed by atoms with van der Waals surface area (Å²) in [4.78, 5) is 20.9. The lowest BCUT2D eigenvalue weighted by Crippen LogP contribution is -2.15. The van der Waals surface area contributed by atoms with Crippen LogP contribution in [0.4, 0.5) is 4.39 Å². The number of carbonyl (C=O) groups excluding carboxylic acids is 1. The van der Waals surface area contributed by atoms with Crippen LogP contribution in [0.1, 0.15) is 53.7 Å². The first-order chi connectivity index (χ1) is 12.6. The van der Waals surface area contributed by atoms with Crippen LogP contribution in [0.2, 0.25) is 0 Å². The molecule has 0 N–H and O–H groups in total. The minimum absolute atomic E-state index is 0.186. The Balaban J connectivity index is 1.59. The van der Waals surface area contributed by atoms with Gasteiger partial charge in [-0.2, -0.15) is 5.10 Å². The summed E-state index contributed by atoms with van der Waals surface area (Å²) < 4.78 is 21.5. The molecule has 26 heavy (non-hydrogen) atoms. The lowest BCUT2D eigenvalue weighted by Gasteiger charge is -2.18. The molecule has 6 nitrogen and oxygen atoms in total. The molecule has 0 saturated heterocycles. The average molecular weight is 352 g/mol. The van der Waals surface area contributed by atoms with E-state index in [1.54, 1.807) is 48.4 Å². The van der Waals surface area contributed by atoms with Gasteiger partial charge in [-0.3, -0.25) is 0 Å². The minimum Gasteiger partial charge on any atom is -0.453 e. The van der Waals surface area contributed by atoms with Crippen LogP contribution in [0.3, 0.4) is 0 Å². The van der Waals surface area contributed by atoms with E-state index in [4.69, 9.17) is 4.74 Å². The number of halogens is 1. The van der Waals surface area contributed by atoms with Crippen molar-refractivity contribution >= 4 is 5.97 Å². The zero-order valence-electron chi connectivity index (χ0n) is 14.2. The van der Waals surface area contributed by atoms with Crippen molar-refractivity contribution in [3.05, 3.63) is 71.8 Å². The first-order valence-electron chi connectivity index (χ1n) is 8.46. The minimum atomic E-state index is -0.803. The van der Waals surface area contributed by atoms with E-state index in [9.17, 15) is 9.18 Å². The number of rotatable bonds is 5. The predicted octanol–water partition coefficient (Wildman–Crippen LogP) is 3.60. The Morgan fingerprint density at radius 1 is 1.27 bits per heavy atom. The molecule has 1 aromatic carbocycles. The second kappa shape index (κ2) is 6.67. The molecule has 0 aliphatic heterocycles. The third-order valence-electron chi connectivity index (χ3n) is 4.30. The van der Waals surface area contributed by atoms with E-state index >= 15 is 0 Å². The molecule has 0 spiro atoms. The van der Waals surface area contributed by atoms with E-state index in [0.717, 1.165) is 12.8 Å². The van der Waals surface area contributed by atoms with E-state index in [2.05, 4.69) is 15.1 Å². The molecular weight excluding hydrogens is 335 g/mol. The van der Waals surface area contributed by atoms with Gasteiger partial charge < -0.3 is 4.74 Å². The van der Waals surface area contributed by atoms with Crippen LogP contribution in [-0.4, -0.2) is 25.7 Å². The number of benzene rings is 1. The van der Waals surface area contributed by atoms with E-state index in [-0.39, 0.29) is 11.3 Å². The molecule has 1 saturated carbocycles. The number of aromatic nitrogens is 4. The Hall–Kier alpha value is -3.09. The van der Waals surface area contributed by atoms with Crippen LogP contribution in [0.5, 0.6) is 0 Å². The third kappa shape index (κ3) is 3.20. The summed E-state index contributed by atoms with van der Waals surface area (Å²) in [5.41, 5.74) is 0.975. The van der Waals surface area contributed by atoms with Gasteiger partial charge in [-0.1, -0.05) is 6.07 Å². The number of hydrogen-bond acceptors (Lipinski definition) is 5. The highest BCUT2D eigenvalue weighted by Gasteiger charge is 2.28. The van der Waals surface area contributed by atoms with Gasteiger partial charge in [0.25, 0.3) is 0 Å². The zero-order valence-corrected chi connectivity index (χ0v) is 14.2. The number of nitrogens with zero attached hydrogens (tertiary/aromatic N) is 4. The monoisotopic (exact) mass is 352 g/mol. The lowest BCUT2D eigenvalue weighted by atomic mass is 10.1. The standard InChI is InChI=1S/C19H17FN4O2/c1-12(17-14(20)4-2-5-16(17)24-11-3-9-22-24)26-19(25)15-8-10-21-18(23-15)13-6-7-13/h2-5,8-13H,6-7H2,1H3. The van der Waals surface area contributed by atoms with Gasteiger partial charge in [0.2, 0.25) is 0 Å². The summed E-state index contributed by atoms with van der Waals surface area (Å²) >= 11 is 0. The van der Waals surface area contributed by atoms with E-state index in [0.29, 0.717) is 17.4 Å². The van der Waals surface area contributed by atoms with Crippen molar-refractivity contribution in [2.75, 3.05) is 0 Å². The molecule has 2 aromatic heterocycles. The van der Waals surface area contributed by atoms with Crippen molar-refractivity contribution in [3.8, 4) is 5.69 Å². The molecule has 7 heteroatoms. The number of hydrogen-bond donors (Lipinski definition) is 0. The van der Waals surface area contributed by atoms with Crippen molar-refractivity contribution in [1.29, 1.82) is 0 Å². The normalized spacial score (nSPS) is 14.8. The van der Waals surface area contributed by atoms with Crippen molar-refractivity contribution in [2.24, 2.45) is 0 Å². The molecule has 3 aromatic rings. The Morgan fingerprint density at radius 2 is 2.12 bits per heavy atom. The van der Waals surface area contributed by atoms with Crippen molar-refractivity contribution in [3.63, 3.8) is 0 Å². The second-order valence-corrected chi connectivity index (χ2v) is 6.25. The van der Waals surface area contributed by atoms with E-state index in [1.807, 2.05) is 0 Å². The summed E-state index contributed by atoms with van der Waals surface area (Å²) in [5, 5.41) is 4.13. The highest BCUT2D eigenvalue weighted by atomic mass is 19.1. The van der Waals surface area contributed by atoms with E-state index < -0.39 is 17.9 Å². The summed E-state index contributed by atoms with van der Waals surface area (Å²) in [7, 11) is 0. The Morgan fingerprint density at radius 3 is 2.85 bits per heavy atom. The smallest absolute Gasteiger partial charge is 0.357 e. The molecule has 0 radical (unpaired) electrons. The molecule has 1 atom stereocenters. The molecule has 1 fully saturated rings. The Kier molecular flexibility index (Phi) is 4.20. The second-order valence-electron chi connectivity index (χ2n) is 6.25. The summed E-state index contributed by atoms with van der Waals surface area (Å²) in [6.45, 7) is 1.63. The largest absolute Gasteiger partial charge is 0.453 e. The number of esters is 1. The molecule has 1 aliphatic rings. The predicted molar refractivity (Wildman–Crippen MR) is 91.4 cm³/mol. The summed E-state index contributed by atoms with van der Waals surface area (Å²) in [6.07, 6.45) is 6.14. The first kappa shape index (κ1) is 16.4. The summed E-state index contributed by atoms with van der Waals surface area (Å²) in [6, 6.07) is 7.91. The fraction of sp³-hybridized carbons (Fsp3) is 0.263. The number of carbonyl (C=O) groups is 1. The molecule has 0 bridgehead atoms. The third-order valence-corrected chi connectivity index (χ3v) is 4.30. The number of ether oxygens (including phenoxy) is 1.